The minimum Gasteiger partial charge on any atom is -0.464 e. The van der Waals surface area contributed by atoms with Crippen molar-refractivity contribution in [3.8, 4) is 22.3 Å². The number of nitrogens with one attached hydrogen (secondary N) is 2. The van der Waals surface area contributed by atoms with Gasteiger partial charge in [-0.05, 0) is 43.4 Å². The van der Waals surface area contributed by atoms with Gasteiger partial charge < -0.3 is 24.2 Å². The number of aromatic amines is 2. The molecule has 2 aromatic carbocycles. The van der Waals surface area contributed by atoms with Crippen molar-refractivity contribution in [1.29, 1.82) is 0 Å². The molecule has 5 rings (SSSR count). The molecule has 37 heavy (non-hydrogen) atoms. The minimum absolute atomic E-state index is 0.405. The lowest BCUT2D eigenvalue weighted by Crippen LogP contribution is -2.27. The van der Waals surface area contributed by atoms with E-state index in [1.807, 2.05) is 53.5 Å². The van der Waals surface area contributed by atoms with Crippen LogP contribution in [0.15, 0.2) is 48.9 Å². The van der Waals surface area contributed by atoms with Crippen molar-refractivity contribution >= 4 is 62.6 Å². The number of benzene rings is 2. The normalized spacial score (nSPS) is 11.8. The van der Waals surface area contributed by atoms with Gasteiger partial charge in [-0.2, -0.15) is 0 Å². The van der Waals surface area contributed by atoms with Crippen molar-refractivity contribution in [3.63, 3.8) is 0 Å². The topological polar surface area (TPSA) is 66.0 Å². The summed E-state index contributed by atoms with van der Waals surface area (Å²) in [5, 5.41) is 3.38. The van der Waals surface area contributed by atoms with Crippen molar-refractivity contribution in [2.45, 2.75) is 20.4 Å². The Balaban J connectivity index is 1.81. The van der Waals surface area contributed by atoms with Crippen molar-refractivity contribution in [2.75, 3.05) is 26.7 Å². The molecule has 192 valence electrons. The highest BCUT2D eigenvalue weighted by molar-refractivity contribution is 6.43. The molecule has 0 atom stereocenters. The summed E-state index contributed by atoms with van der Waals surface area (Å²) in [6.45, 7) is 7.53. The summed E-state index contributed by atoms with van der Waals surface area (Å²) in [6.07, 6.45) is 5.87. The van der Waals surface area contributed by atoms with Crippen molar-refractivity contribution in [2.24, 2.45) is 0 Å². The first kappa shape index (κ1) is 25.7. The van der Waals surface area contributed by atoms with Gasteiger partial charge in [0.05, 0.1) is 17.2 Å². The van der Waals surface area contributed by atoms with Gasteiger partial charge in [0.1, 0.15) is 5.69 Å². The first-order chi connectivity index (χ1) is 17.9. The lowest BCUT2D eigenvalue weighted by atomic mass is 9.96. The van der Waals surface area contributed by atoms with E-state index in [-0.39, 0.29) is 0 Å². The van der Waals surface area contributed by atoms with E-state index in [1.165, 1.54) is 7.11 Å². The predicted molar refractivity (Wildman–Crippen MR) is 153 cm³/mol. The van der Waals surface area contributed by atoms with Gasteiger partial charge in [-0.25, -0.2) is 4.79 Å². The number of nitrogens with zero attached hydrogens (tertiary/aromatic N) is 2. The number of hydrogen-bond acceptors (Lipinski definition) is 3. The second-order valence-corrected chi connectivity index (χ2v) is 10.1. The SMILES string of the molecule is CCN(CC)CCn1cc(-c2c[nH]c3cc(Cl)c(Cl)cc23)c(-c2c[nH]c3ccc(Cl)cc23)c1C(=O)OC. The third kappa shape index (κ3) is 4.64. The fraction of sp³-hybridized carbons (Fsp3) is 0.250. The first-order valence-electron chi connectivity index (χ1n) is 12.1. The zero-order valence-electron chi connectivity index (χ0n) is 20.8. The number of fused-ring (bicyclic) bond motifs is 2. The maximum atomic E-state index is 13.3. The number of halogens is 3. The zero-order valence-corrected chi connectivity index (χ0v) is 23.1. The molecule has 3 heterocycles. The molecule has 9 heteroatoms. The molecule has 0 unspecified atom stereocenters. The van der Waals surface area contributed by atoms with Gasteiger partial charge in [-0.15, -0.1) is 0 Å². The Morgan fingerprint density at radius 1 is 0.919 bits per heavy atom. The number of carbonyl (C=O) groups is 1. The predicted octanol–water partition coefficient (Wildman–Crippen LogP) is 7.87. The average Bonchev–Trinajstić information content (AvgIpc) is 3.59. The van der Waals surface area contributed by atoms with Crippen LogP contribution in [0.5, 0.6) is 0 Å². The molecular weight excluding hydrogens is 531 g/mol. The van der Waals surface area contributed by atoms with Crippen molar-refractivity contribution in [1.82, 2.24) is 19.4 Å². The quantitative estimate of drug-likeness (QED) is 0.191. The van der Waals surface area contributed by atoms with Gasteiger partial charge in [-0.3, -0.25) is 0 Å². The maximum Gasteiger partial charge on any atom is 0.355 e. The van der Waals surface area contributed by atoms with Crippen LogP contribution in [0.25, 0.3) is 44.1 Å². The summed E-state index contributed by atoms with van der Waals surface area (Å²) in [4.78, 5) is 22.3. The van der Waals surface area contributed by atoms with E-state index in [1.54, 1.807) is 0 Å². The van der Waals surface area contributed by atoms with Crippen LogP contribution in [-0.2, 0) is 11.3 Å². The van der Waals surface area contributed by atoms with Crippen LogP contribution in [0.2, 0.25) is 15.1 Å². The van der Waals surface area contributed by atoms with Crippen LogP contribution in [0.3, 0.4) is 0 Å². The number of H-pyrrole nitrogens is 2. The summed E-state index contributed by atoms with van der Waals surface area (Å²) in [6, 6.07) is 9.35. The Kier molecular flexibility index (Phi) is 7.28. The smallest absolute Gasteiger partial charge is 0.355 e. The number of ether oxygens (including phenoxy) is 1. The molecule has 0 spiro atoms. The number of likely N-dealkylation sites (N-methyl/N-ethyl adjacent to an activating group) is 1. The standard InChI is InChI=1S/C28H27Cl3N4O2/c1-4-34(5-2)8-9-35-15-21(19-13-33-25-12-23(31)22(30)11-18(19)25)26(27(35)28(36)37-3)20-14-32-24-7-6-16(29)10-17(20)24/h6-7,10-15,32-33H,4-5,8-9H2,1-3H3. The average molecular weight is 558 g/mol. The van der Waals surface area contributed by atoms with E-state index in [9.17, 15) is 4.79 Å². The van der Waals surface area contributed by atoms with Crippen LogP contribution in [0, 0.1) is 0 Å². The van der Waals surface area contributed by atoms with Crippen LogP contribution in [0.1, 0.15) is 24.3 Å². The summed E-state index contributed by atoms with van der Waals surface area (Å²) in [5.41, 5.74) is 5.69. The molecule has 2 N–H and O–H groups in total. The van der Waals surface area contributed by atoms with Crippen molar-refractivity contribution in [3.05, 3.63) is 69.7 Å². The third-order valence-electron chi connectivity index (χ3n) is 6.93. The molecule has 0 aliphatic heterocycles. The molecular formula is C28H27Cl3N4O2. The van der Waals surface area contributed by atoms with Crippen LogP contribution in [0.4, 0.5) is 0 Å². The highest BCUT2D eigenvalue weighted by Gasteiger charge is 2.28. The molecule has 6 nitrogen and oxygen atoms in total. The fourth-order valence-corrected chi connectivity index (χ4v) is 5.45. The summed E-state index contributed by atoms with van der Waals surface area (Å²) >= 11 is 19.1. The molecule has 0 bridgehead atoms. The number of carbonyl (C=O) groups excluding carboxylic acids is 1. The Morgan fingerprint density at radius 3 is 2.32 bits per heavy atom. The maximum absolute atomic E-state index is 13.3. The fourth-order valence-electron chi connectivity index (χ4n) is 4.95. The molecule has 0 radical (unpaired) electrons. The molecule has 0 saturated heterocycles. The molecule has 0 aliphatic rings. The lowest BCUT2D eigenvalue weighted by Gasteiger charge is -2.19. The van der Waals surface area contributed by atoms with E-state index in [0.717, 1.165) is 63.7 Å². The van der Waals surface area contributed by atoms with Gasteiger partial charge in [-0.1, -0.05) is 48.7 Å². The number of methoxy groups -OCH3 is 1. The van der Waals surface area contributed by atoms with Crippen molar-refractivity contribution < 1.29 is 9.53 Å². The van der Waals surface area contributed by atoms with Crippen LogP contribution < -0.4 is 0 Å². The number of rotatable bonds is 8. The molecule has 0 amide bonds. The number of hydrogen-bond donors (Lipinski definition) is 2. The van der Waals surface area contributed by atoms with E-state index in [2.05, 4.69) is 28.7 Å². The van der Waals surface area contributed by atoms with E-state index in [4.69, 9.17) is 39.5 Å². The molecule has 0 aliphatic carbocycles. The molecule has 5 aromatic rings. The van der Waals surface area contributed by atoms with Gasteiger partial charge in [0, 0.05) is 80.8 Å². The molecule has 3 aromatic heterocycles. The van der Waals surface area contributed by atoms with Crippen LogP contribution >= 0.6 is 34.8 Å². The molecule has 0 saturated carbocycles. The molecule has 0 fully saturated rings. The van der Waals surface area contributed by atoms with E-state index >= 15 is 0 Å². The third-order valence-corrected chi connectivity index (χ3v) is 7.89. The zero-order chi connectivity index (χ0) is 26.3. The monoisotopic (exact) mass is 556 g/mol. The Bertz CT molecular complexity index is 1610. The van der Waals surface area contributed by atoms with E-state index in [0.29, 0.717) is 27.3 Å². The summed E-state index contributed by atoms with van der Waals surface area (Å²) < 4.78 is 7.30. The largest absolute Gasteiger partial charge is 0.464 e. The number of aromatic nitrogens is 3. The summed E-state index contributed by atoms with van der Waals surface area (Å²) in [5.74, 6) is -0.405. The van der Waals surface area contributed by atoms with Gasteiger partial charge in [0.25, 0.3) is 0 Å². The Hall–Kier alpha value is -2.90. The lowest BCUT2D eigenvalue weighted by molar-refractivity contribution is 0.0588. The Labute approximate surface area is 230 Å². The highest BCUT2D eigenvalue weighted by Crippen LogP contribution is 2.44. The summed E-state index contributed by atoms with van der Waals surface area (Å²) in [7, 11) is 1.41. The van der Waals surface area contributed by atoms with Gasteiger partial charge in [0.15, 0.2) is 0 Å². The van der Waals surface area contributed by atoms with Crippen LogP contribution in [-0.4, -0.2) is 52.1 Å². The van der Waals surface area contributed by atoms with Gasteiger partial charge >= 0.3 is 5.97 Å². The van der Waals surface area contributed by atoms with Gasteiger partial charge in [0.2, 0.25) is 0 Å². The van der Waals surface area contributed by atoms with E-state index < -0.39 is 5.97 Å². The second-order valence-electron chi connectivity index (χ2n) is 8.88. The minimum atomic E-state index is -0.405. The number of esters is 1. The first-order valence-corrected chi connectivity index (χ1v) is 13.3. The Morgan fingerprint density at radius 2 is 1.59 bits per heavy atom. The highest BCUT2D eigenvalue weighted by atomic mass is 35.5. The second kappa shape index (κ2) is 10.5.